The Morgan fingerprint density at radius 3 is 2.26 bits per heavy atom. The highest BCUT2D eigenvalue weighted by Crippen LogP contribution is 2.63. The monoisotopic (exact) mass is 571 g/mol. The molecule has 0 spiro atoms. The Kier molecular flexibility index (Phi) is 6.35. The molecule has 216 valence electrons. The van der Waals surface area contributed by atoms with Crippen molar-refractivity contribution in [2.24, 2.45) is 23.7 Å². The van der Waals surface area contributed by atoms with E-state index in [0.717, 1.165) is 16.7 Å². The molecule has 6 atom stereocenters. The molecule has 1 heterocycles. The highest BCUT2D eigenvalue weighted by atomic mass is 16.3. The van der Waals surface area contributed by atoms with Gasteiger partial charge in [-0.2, -0.15) is 0 Å². The normalized spacial score (nSPS) is 29.9. The number of Topliss-reactive ketones (excluding diaryl/α,β-unsaturated/α-hetero) is 1. The number of carbonyl (C=O) groups is 4. The molecule has 7 rings (SSSR count). The van der Waals surface area contributed by atoms with E-state index < -0.39 is 29.1 Å². The highest BCUT2D eigenvalue weighted by Gasteiger charge is 2.65. The van der Waals surface area contributed by atoms with Crippen LogP contribution in [-0.2, 0) is 24.6 Å². The zero-order valence-corrected chi connectivity index (χ0v) is 24.2. The van der Waals surface area contributed by atoms with Gasteiger partial charge in [0.25, 0.3) is 0 Å². The van der Waals surface area contributed by atoms with Crippen molar-refractivity contribution in [3.63, 3.8) is 0 Å². The zero-order valence-electron chi connectivity index (χ0n) is 24.2. The smallest absolute Gasteiger partial charge is 0.233 e. The second-order valence-electron chi connectivity index (χ2n) is 12.3. The third-order valence-electron chi connectivity index (χ3n) is 10.3. The Morgan fingerprint density at radius 2 is 1.58 bits per heavy atom. The van der Waals surface area contributed by atoms with E-state index in [4.69, 9.17) is 0 Å². The number of carbonyl (C=O) groups excluding carboxylic acids is 4. The maximum absolute atomic E-state index is 14.9. The van der Waals surface area contributed by atoms with Gasteiger partial charge in [0.15, 0.2) is 11.6 Å². The fraction of sp³-hybridized carbons (Fsp3) is 0.297. The number of phenolic OH excluding ortho intramolecular Hbond substituents is 1. The Hall–Kier alpha value is -4.58. The van der Waals surface area contributed by atoms with E-state index in [1.165, 1.54) is 11.0 Å². The number of imide groups is 1. The molecule has 43 heavy (non-hydrogen) atoms. The molecular formula is C37H33NO5. The van der Waals surface area contributed by atoms with Crippen molar-refractivity contribution >= 4 is 29.0 Å². The number of hydrogen-bond acceptors (Lipinski definition) is 5. The largest absolute Gasteiger partial charge is 0.508 e. The minimum absolute atomic E-state index is 0.125. The lowest BCUT2D eigenvalue weighted by Crippen LogP contribution is -2.58. The lowest BCUT2D eigenvalue weighted by Gasteiger charge is -2.55. The first kappa shape index (κ1) is 27.3. The summed E-state index contributed by atoms with van der Waals surface area (Å²) in [6.45, 7) is 3.94. The fourth-order valence-corrected chi connectivity index (χ4v) is 8.48. The molecule has 1 saturated carbocycles. The number of fused-ring (bicyclic) bond motifs is 4. The van der Waals surface area contributed by atoms with E-state index in [-0.39, 0.29) is 35.0 Å². The van der Waals surface area contributed by atoms with Gasteiger partial charge in [0.05, 0.1) is 17.3 Å². The standard InChI is InChI=1S/C37H33NO5/c1-3-38-35(42)26-16-15-25-28(32(26)36(38)43)19-29-34(41)27(22-10-6-4-7-11-22)20-31(40)37(29,24-12-8-5-9-13-24)33(25)23-14-17-30(39)21(2)18-23/h4-15,17-18,20,26,28-29,32-33,39H,3,16,19H2,1-2H3/t26-,28+,29-,32-,33-,37-/m0/s1. The molecule has 1 N–H and O–H groups in total. The van der Waals surface area contributed by atoms with E-state index in [2.05, 4.69) is 6.08 Å². The van der Waals surface area contributed by atoms with Crippen LogP contribution in [0.5, 0.6) is 5.75 Å². The quantitative estimate of drug-likeness (QED) is 0.328. The Bertz CT molecular complexity index is 1740. The maximum atomic E-state index is 14.9. The molecule has 1 aliphatic heterocycles. The van der Waals surface area contributed by atoms with Crippen molar-refractivity contribution in [2.45, 2.75) is 38.0 Å². The fourth-order valence-electron chi connectivity index (χ4n) is 8.48. The average molecular weight is 572 g/mol. The predicted octanol–water partition coefficient (Wildman–Crippen LogP) is 5.54. The number of allylic oxidation sites excluding steroid dienone is 4. The molecule has 0 aromatic heterocycles. The van der Waals surface area contributed by atoms with Crippen LogP contribution in [0.25, 0.3) is 5.57 Å². The number of aryl methyl sites for hydroxylation is 1. The Balaban J connectivity index is 1.52. The van der Waals surface area contributed by atoms with Crippen LogP contribution in [0.4, 0.5) is 0 Å². The van der Waals surface area contributed by atoms with E-state index in [9.17, 15) is 24.3 Å². The highest BCUT2D eigenvalue weighted by molar-refractivity contribution is 6.31. The summed E-state index contributed by atoms with van der Waals surface area (Å²) >= 11 is 0. The van der Waals surface area contributed by atoms with E-state index in [0.29, 0.717) is 36.1 Å². The van der Waals surface area contributed by atoms with E-state index in [1.807, 2.05) is 86.6 Å². The number of ketones is 2. The number of benzene rings is 3. The molecule has 4 aliphatic rings. The first-order valence-corrected chi connectivity index (χ1v) is 15.0. The first-order chi connectivity index (χ1) is 20.8. The Morgan fingerprint density at radius 1 is 0.884 bits per heavy atom. The molecule has 6 nitrogen and oxygen atoms in total. The molecule has 2 amide bonds. The second kappa shape index (κ2) is 10.0. The van der Waals surface area contributed by atoms with Crippen molar-refractivity contribution in [1.29, 1.82) is 0 Å². The van der Waals surface area contributed by atoms with Gasteiger partial charge in [0.2, 0.25) is 11.8 Å². The number of phenols is 1. The summed E-state index contributed by atoms with van der Waals surface area (Å²) in [6.07, 6.45) is 4.30. The van der Waals surface area contributed by atoms with Gasteiger partial charge in [-0.05, 0) is 67.0 Å². The van der Waals surface area contributed by atoms with E-state index >= 15 is 0 Å². The topological polar surface area (TPSA) is 91.8 Å². The van der Waals surface area contributed by atoms with Crippen molar-refractivity contribution in [2.75, 3.05) is 6.54 Å². The van der Waals surface area contributed by atoms with Gasteiger partial charge < -0.3 is 5.11 Å². The lowest BCUT2D eigenvalue weighted by atomic mass is 9.44. The van der Waals surface area contributed by atoms with Gasteiger partial charge in [-0.15, -0.1) is 0 Å². The summed E-state index contributed by atoms with van der Waals surface area (Å²) < 4.78 is 0. The third-order valence-corrected chi connectivity index (χ3v) is 10.3. The molecule has 1 saturated heterocycles. The number of likely N-dealkylation sites (tertiary alicyclic amines) is 1. The van der Waals surface area contributed by atoms with Gasteiger partial charge in [0, 0.05) is 24.0 Å². The van der Waals surface area contributed by atoms with Gasteiger partial charge in [-0.3, -0.25) is 24.1 Å². The van der Waals surface area contributed by atoms with Crippen molar-refractivity contribution in [3.8, 4) is 5.75 Å². The van der Waals surface area contributed by atoms with Crippen molar-refractivity contribution in [3.05, 3.63) is 119 Å². The number of nitrogens with zero attached hydrogens (tertiary/aromatic N) is 1. The summed E-state index contributed by atoms with van der Waals surface area (Å²) in [7, 11) is 0. The molecule has 0 unspecified atom stereocenters. The lowest BCUT2D eigenvalue weighted by molar-refractivity contribution is -0.140. The molecule has 3 aromatic rings. The summed E-state index contributed by atoms with van der Waals surface area (Å²) in [6, 6.07) is 24.2. The van der Waals surface area contributed by atoms with Gasteiger partial charge in [-0.1, -0.05) is 84.4 Å². The van der Waals surface area contributed by atoms with Crippen molar-refractivity contribution in [1.82, 2.24) is 4.90 Å². The van der Waals surface area contributed by atoms with Crippen LogP contribution in [0.15, 0.2) is 96.6 Å². The van der Waals surface area contributed by atoms with Crippen LogP contribution in [0, 0.1) is 30.6 Å². The predicted molar refractivity (Wildman–Crippen MR) is 162 cm³/mol. The summed E-state index contributed by atoms with van der Waals surface area (Å²) in [5.41, 5.74) is 2.96. The molecule has 0 bridgehead atoms. The number of hydrogen-bond donors (Lipinski definition) is 1. The van der Waals surface area contributed by atoms with Gasteiger partial charge in [-0.25, -0.2) is 0 Å². The third kappa shape index (κ3) is 3.78. The van der Waals surface area contributed by atoms with Gasteiger partial charge >= 0.3 is 0 Å². The maximum Gasteiger partial charge on any atom is 0.233 e. The van der Waals surface area contributed by atoms with Gasteiger partial charge in [0.1, 0.15) is 5.75 Å². The summed E-state index contributed by atoms with van der Waals surface area (Å²) in [4.78, 5) is 58.2. The minimum atomic E-state index is -1.26. The van der Waals surface area contributed by atoms with Crippen LogP contribution in [0.3, 0.4) is 0 Å². The molecule has 2 fully saturated rings. The zero-order chi connectivity index (χ0) is 30.0. The SMILES string of the molecule is CCN1C(=O)[C@H]2[C@H](CC=C3[C@H]2C[C@H]2C(=O)C(c4ccccc4)=CC(=O)[C@@]2(c2ccccc2)[C@H]3c2ccc(O)c(C)c2)C1=O. The molecule has 0 radical (unpaired) electrons. The molecule has 3 aliphatic carbocycles. The van der Waals surface area contributed by atoms with Crippen molar-refractivity contribution < 1.29 is 24.3 Å². The van der Waals surface area contributed by atoms with Crippen LogP contribution in [-0.4, -0.2) is 39.9 Å². The van der Waals surface area contributed by atoms with Crippen LogP contribution in [0.2, 0.25) is 0 Å². The second-order valence-corrected chi connectivity index (χ2v) is 12.3. The number of aromatic hydroxyl groups is 1. The number of amides is 2. The number of rotatable bonds is 4. The minimum Gasteiger partial charge on any atom is -0.508 e. The molecule has 3 aromatic carbocycles. The Labute approximate surface area is 250 Å². The van der Waals surface area contributed by atoms with Crippen LogP contribution < -0.4 is 0 Å². The molecular weight excluding hydrogens is 538 g/mol. The summed E-state index contributed by atoms with van der Waals surface area (Å²) in [5, 5.41) is 10.5. The van der Waals surface area contributed by atoms with Crippen LogP contribution >= 0.6 is 0 Å². The van der Waals surface area contributed by atoms with E-state index in [1.54, 1.807) is 6.07 Å². The average Bonchev–Trinajstić information content (AvgIpc) is 3.28. The summed E-state index contributed by atoms with van der Waals surface area (Å²) in [5.74, 6) is -3.21. The molecule has 6 heteroatoms. The first-order valence-electron chi connectivity index (χ1n) is 15.0. The van der Waals surface area contributed by atoms with Crippen LogP contribution in [0.1, 0.15) is 47.9 Å².